The van der Waals surface area contributed by atoms with Crippen molar-refractivity contribution in [3.8, 4) is 0 Å². The van der Waals surface area contributed by atoms with Gasteiger partial charge in [0.2, 0.25) is 0 Å². The van der Waals surface area contributed by atoms with Crippen LogP contribution >= 0.6 is 15.9 Å². The van der Waals surface area contributed by atoms with E-state index in [0.717, 1.165) is 6.07 Å². The third kappa shape index (κ3) is 2.98. The van der Waals surface area contributed by atoms with E-state index < -0.39 is 27.9 Å². The van der Waals surface area contributed by atoms with Gasteiger partial charge in [-0.3, -0.25) is 4.79 Å². The van der Waals surface area contributed by atoms with Gasteiger partial charge in [-0.05, 0) is 40.4 Å². The Kier molecular flexibility index (Phi) is 4.35. The van der Waals surface area contributed by atoms with Crippen LogP contribution in [0.15, 0.2) is 10.5 Å². The summed E-state index contributed by atoms with van der Waals surface area (Å²) in [5, 5.41) is 8.38. The highest BCUT2D eigenvalue weighted by molar-refractivity contribution is 9.10. The lowest BCUT2D eigenvalue weighted by atomic mass is 10.1. The Hall–Kier alpha value is -1.04. The van der Waals surface area contributed by atoms with E-state index in [9.17, 15) is 18.0 Å². The summed E-state index contributed by atoms with van der Waals surface area (Å²) in [5.41, 5.74) is -0.0352. The molecule has 1 aromatic carbocycles. The number of carbonyl (C=O) groups is 1. The lowest BCUT2D eigenvalue weighted by Gasteiger charge is -2.05. The molecule has 0 heterocycles. The fraction of sp³-hybridized carbons (Fsp3) is 0.300. The van der Waals surface area contributed by atoms with Crippen LogP contribution in [0.1, 0.15) is 18.4 Å². The van der Waals surface area contributed by atoms with Gasteiger partial charge in [-0.15, -0.1) is 0 Å². The van der Waals surface area contributed by atoms with E-state index in [4.69, 9.17) is 5.11 Å². The zero-order chi connectivity index (χ0) is 12.3. The Morgan fingerprint density at radius 2 is 1.94 bits per heavy atom. The van der Waals surface area contributed by atoms with Crippen molar-refractivity contribution in [1.29, 1.82) is 0 Å². The number of rotatable bonds is 4. The minimum Gasteiger partial charge on any atom is -0.481 e. The van der Waals surface area contributed by atoms with Gasteiger partial charge in [0.25, 0.3) is 0 Å². The van der Waals surface area contributed by atoms with Crippen LogP contribution in [-0.2, 0) is 11.2 Å². The molecule has 0 spiro atoms. The summed E-state index contributed by atoms with van der Waals surface area (Å²) in [6.07, 6.45) is 0.0771. The van der Waals surface area contributed by atoms with E-state index in [-0.39, 0.29) is 24.8 Å². The summed E-state index contributed by atoms with van der Waals surface area (Å²) >= 11 is 2.60. The van der Waals surface area contributed by atoms with Crippen molar-refractivity contribution < 1.29 is 23.1 Å². The molecule has 0 amide bonds. The molecule has 0 saturated heterocycles. The van der Waals surface area contributed by atoms with Crippen LogP contribution in [0.2, 0.25) is 0 Å². The van der Waals surface area contributed by atoms with E-state index in [1.807, 2.05) is 0 Å². The first-order valence-corrected chi connectivity index (χ1v) is 5.26. The molecule has 0 fully saturated rings. The van der Waals surface area contributed by atoms with Crippen molar-refractivity contribution >= 4 is 21.9 Å². The molecule has 16 heavy (non-hydrogen) atoms. The van der Waals surface area contributed by atoms with Crippen molar-refractivity contribution in [2.45, 2.75) is 19.3 Å². The summed E-state index contributed by atoms with van der Waals surface area (Å²) < 4.78 is 38.6. The first-order valence-electron chi connectivity index (χ1n) is 4.47. The molecular formula is C10H8BrF3O2. The van der Waals surface area contributed by atoms with Gasteiger partial charge in [-0.1, -0.05) is 0 Å². The van der Waals surface area contributed by atoms with E-state index in [2.05, 4.69) is 15.9 Å². The standard InChI is InChI=1S/C10H8BrF3O2/c11-8-9(13)5(2-1-3-7(15)16)4-6(12)10(8)14/h4H,1-3H2,(H,15,16). The number of carboxylic acids is 1. The summed E-state index contributed by atoms with van der Waals surface area (Å²) in [7, 11) is 0. The van der Waals surface area contributed by atoms with Gasteiger partial charge >= 0.3 is 5.97 Å². The maximum absolute atomic E-state index is 13.4. The van der Waals surface area contributed by atoms with Gasteiger partial charge < -0.3 is 5.11 Å². The number of hydrogen-bond acceptors (Lipinski definition) is 1. The fourth-order valence-electron chi connectivity index (χ4n) is 1.23. The fourth-order valence-corrected chi connectivity index (χ4v) is 1.68. The van der Waals surface area contributed by atoms with Crippen molar-refractivity contribution in [1.82, 2.24) is 0 Å². The summed E-state index contributed by atoms with van der Waals surface area (Å²) in [6, 6.07) is 0.747. The predicted octanol–water partition coefficient (Wildman–Crippen LogP) is 3.27. The van der Waals surface area contributed by atoms with E-state index in [1.54, 1.807) is 0 Å². The molecule has 0 bridgehead atoms. The second-order valence-electron chi connectivity index (χ2n) is 3.21. The highest BCUT2D eigenvalue weighted by atomic mass is 79.9. The van der Waals surface area contributed by atoms with Crippen LogP contribution in [0.5, 0.6) is 0 Å². The van der Waals surface area contributed by atoms with Gasteiger partial charge in [0.15, 0.2) is 11.6 Å². The van der Waals surface area contributed by atoms with Crippen LogP contribution in [-0.4, -0.2) is 11.1 Å². The van der Waals surface area contributed by atoms with E-state index >= 15 is 0 Å². The molecule has 2 nitrogen and oxygen atoms in total. The molecule has 6 heteroatoms. The lowest BCUT2D eigenvalue weighted by molar-refractivity contribution is -0.137. The second kappa shape index (κ2) is 5.34. The van der Waals surface area contributed by atoms with Crippen molar-refractivity contribution in [3.63, 3.8) is 0 Å². The molecule has 0 saturated carbocycles. The monoisotopic (exact) mass is 296 g/mol. The molecule has 0 aliphatic carbocycles. The summed E-state index contributed by atoms with van der Waals surface area (Å²) in [4.78, 5) is 10.2. The number of carboxylic acid groups (broad SMARTS) is 1. The van der Waals surface area contributed by atoms with Gasteiger partial charge in [0.1, 0.15) is 5.82 Å². The predicted molar refractivity (Wildman–Crippen MR) is 54.6 cm³/mol. The Balaban J connectivity index is 2.85. The lowest BCUT2D eigenvalue weighted by Crippen LogP contribution is -2.01. The summed E-state index contributed by atoms with van der Waals surface area (Å²) in [6.45, 7) is 0. The Morgan fingerprint density at radius 3 is 2.50 bits per heavy atom. The molecule has 0 aromatic heterocycles. The largest absolute Gasteiger partial charge is 0.481 e. The molecule has 1 rings (SSSR count). The third-order valence-electron chi connectivity index (χ3n) is 2.01. The molecule has 0 aliphatic rings. The number of benzene rings is 1. The van der Waals surface area contributed by atoms with E-state index in [0.29, 0.717) is 0 Å². The second-order valence-corrected chi connectivity index (χ2v) is 4.00. The van der Waals surface area contributed by atoms with Crippen LogP contribution in [0.25, 0.3) is 0 Å². The minimum absolute atomic E-state index is 0.0352. The van der Waals surface area contributed by atoms with Crippen molar-refractivity contribution in [3.05, 3.63) is 33.6 Å². The van der Waals surface area contributed by atoms with Crippen molar-refractivity contribution in [2.24, 2.45) is 0 Å². The SMILES string of the molecule is O=C(O)CCCc1cc(F)c(F)c(Br)c1F. The van der Waals surface area contributed by atoms with Gasteiger partial charge in [0.05, 0.1) is 4.47 Å². The molecule has 88 valence electrons. The molecule has 0 aliphatic heterocycles. The average molecular weight is 297 g/mol. The van der Waals surface area contributed by atoms with Crippen LogP contribution < -0.4 is 0 Å². The van der Waals surface area contributed by atoms with Crippen molar-refractivity contribution in [2.75, 3.05) is 0 Å². The maximum atomic E-state index is 13.4. The number of aliphatic carboxylic acids is 1. The molecule has 0 radical (unpaired) electrons. The molecule has 1 aromatic rings. The Morgan fingerprint density at radius 1 is 1.31 bits per heavy atom. The average Bonchev–Trinajstić information content (AvgIpc) is 2.22. The molecule has 0 atom stereocenters. The summed E-state index contributed by atoms with van der Waals surface area (Å²) in [5.74, 6) is -4.33. The Bertz CT molecular complexity index is 421. The quantitative estimate of drug-likeness (QED) is 0.684. The van der Waals surface area contributed by atoms with Crippen LogP contribution in [0.4, 0.5) is 13.2 Å². The smallest absolute Gasteiger partial charge is 0.303 e. The first kappa shape index (κ1) is 13.0. The van der Waals surface area contributed by atoms with Crippen LogP contribution in [0.3, 0.4) is 0 Å². The minimum atomic E-state index is -1.28. The number of aryl methyl sites for hydroxylation is 1. The number of halogens is 4. The third-order valence-corrected chi connectivity index (χ3v) is 2.71. The first-order chi connectivity index (χ1) is 7.43. The highest BCUT2D eigenvalue weighted by Gasteiger charge is 2.16. The number of hydrogen-bond donors (Lipinski definition) is 1. The van der Waals surface area contributed by atoms with Crippen LogP contribution in [0, 0.1) is 17.5 Å². The Labute approximate surface area is 98.2 Å². The van der Waals surface area contributed by atoms with Gasteiger partial charge in [0, 0.05) is 6.42 Å². The zero-order valence-corrected chi connectivity index (χ0v) is 9.65. The molecular weight excluding hydrogens is 289 g/mol. The highest BCUT2D eigenvalue weighted by Crippen LogP contribution is 2.26. The maximum Gasteiger partial charge on any atom is 0.303 e. The topological polar surface area (TPSA) is 37.3 Å². The zero-order valence-electron chi connectivity index (χ0n) is 8.07. The van der Waals surface area contributed by atoms with Gasteiger partial charge in [-0.2, -0.15) is 0 Å². The molecule has 0 unspecified atom stereocenters. The normalized spacial score (nSPS) is 10.5. The van der Waals surface area contributed by atoms with Gasteiger partial charge in [-0.25, -0.2) is 13.2 Å². The molecule has 1 N–H and O–H groups in total. The van der Waals surface area contributed by atoms with E-state index in [1.165, 1.54) is 0 Å².